The Morgan fingerprint density at radius 2 is 1.93 bits per heavy atom. The van der Waals surface area contributed by atoms with Gasteiger partial charge >= 0.3 is 0 Å². The number of hydrogen-bond donors (Lipinski definition) is 0. The van der Waals surface area contributed by atoms with Gasteiger partial charge in [-0.1, -0.05) is 11.6 Å². The molecule has 30 heavy (non-hydrogen) atoms. The number of hydrogen-bond acceptors (Lipinski definition) is 5. The molecule has 0 bridgehead atoms. The molecule has 152 valence electrons. The van der Waals surface area contributed by atoms with Crippen LogP contribution in [0.4, 0.5) is 4.39 Å². The van der Waals surface area contributed by atoms with E-state index in [1.165, 1.54) is 10.9 Å². The minimum absolute atomic E-state index is 0.120. The predicted molar refractivity (Wildman–Crippen MR) is 108 cm³/mol. The Hall–Kier alpha value is -3.88. The minimum atomic E-state index is -0.396. The number of benzene rings is 1. The Kier molecular flexibility index (Phi) is 5.34. The lowest BCUT2D eigenvalue weighted by Gasteiger charge is -2.18. The first-order valence-electron chi connectivity index (χ1n) is 9.40. The lowest BCUT2D eigenvalue weighted by Crippen LogP contribution is -2.30. The van der Waals surface area contributed by atoms with Crippen molar-refractivity contribution in [3.63, 3.8) is 0 Å². The quantitative estimate of drug-likeness (QED) is 0.493. The van der Waals surface area contributed by atoms with Gasteiger partial charge in [-0.2, -0.15) is 20.1 Å². The Labute approximate surface area is 172 Å². The molecule has 0 aliphatic heterocycles. The van der Waals surface area contributed by atoms with Crippen LogP contribution in [0.5, 0.6) is 0 Å². The molecule has 1 aromatic carbocycles. The third-order valence-corrected chi connectivity index (χ3v) is 4.66. The molecule has 0 spiro atoms. The number of aromatic nitrogens is 6. The number of nitrogens with zero attached hydrogens (tertiary/aromatic N) is 7. The lowest BCUT2D eigenvalue weighted by atomic mass is 10.1. The predicted octanol–water partition coefficient (Wildman–Crippen LogP) is 2.61. The van der Waals surface area contributed by atoms with Crippen LogP contribution in [-0.2, 0) is 6.42 Å². The zero-order valence-corrected chi connectivity index (χ0v) is 16.6. The second kappa shape index (κ2) is 8.24. The molecule has 4 rings (SSSR count). The van der Waals surface area contributed by atoms with Crippen molar-refractivity contribution in [2.24, 2.45) is 0 Å². The molecule has 9 heteroatoms. The fourth-order valence-electron chi connectivity index (χ4n) is 3.05. The average Bonchev–Trinajstić information content (AvgIpc) is 3.44. The minimum Gasteiger partial charge on any atom is -0.341 e. The Bertz CT molecular complexity index is 1150. The number of likely N-dealkylation sites (N-methyl/N-ethyl adjacent to an activating group) is 1. The molecule has 0 aliphatic rings. The van der Waals surface area contributed by atoms with Crippen LogP contribution in [0.25, 0.3) is 11.5 Å². The summed E-state index contributed by atoms with van der Waals surface area (Å²) in [5.74, 6) is 0.0148. The van der Waals surface area contributed by atoms with Gasteiger partial charge in [-0.05, 0) is 37.3 Å². The first-order chi connectivity index (χ1) is 14.5. The molecule has 0 N–H and O–H groups in total. The summed E-state index contributed by atoms with van der Waals surface area (Å²) < 4.78 is 14.6. The fourth-order valence-corrected chi connectivity index (χ4v) is 3.05. The van der Waals surface area contributed by atoms with Gasteiger partial charge < -0.3 is 4.90 Å². The Morgan fingerprint density at radius 3 is 2.67 bits per heavy atom. The molecule has 4 aromatic rings. The van der Waals surface area contributed by atoms with E-state index in [1.54, 1.807) is 41.3 Å². The molecule has 0 atom stereocenters. The summed E-state index contributed by atoms with van der Waals surface area (Å²) in [6.45, 7) is 2.42. The van der Waals surface area contributed by atoms with Crippen molar-refractivity contribution in [2.45, 2.75) is 13.3 Å². The highest BCUT2D eigenvalue weighted by molar-refractivity contribution is 5.97. The van der Waals surface area contributed by atoms with Gasteiger partial charge in [0.15, 0.2) is 5.82 Å². The van der Waals surface area contributed by atoms with E-state index >= 15 is 0 Å². The number of aryl methyl sites for hydroxylation is 1. The highest BCUT2D eigenvalue weighted by Gasteiger charge is 2.18. The summed E-state index contributed by atoms with van der Waals surface area (Å²) >= 11 is 0. The lowest BCUT2D eigenvalue weighted by molar-refractivity contribution is 0.0796. The normalized spacial score (nSPS) is 10.9. The van der Waals surface area contributed by atoms with Crippen molar-refractivity contribution in [3.05, 3.63) is 83.8 Å². The summed E-state index contributed by atoms with van der Waals surface area (Å²) in [5.41, 5.74) is 2.95. The third kappa shape index (κ3) is 4.09. The first-order valence-corrected chi connectivity index (χ1v) is 9.40. The van der Waals surface area contributed by atoms with Crippen LogP contribution in [0.2, 0.25) is 0 Å². The number of carbonyl (C=O) groups is 1. The van der Waals surface area contributed by atoms with Gasteiger partial charge in [-0.15, -0.1) is 0 Å². The van der Waals surface area contributed by atoms with Crippen LogP contribution < -0.4 is 0 Å². The van der Waals surface area contributed by atoms with Crippen LogP contribution in [0, 0.1) is 12.7 Å². The van der Waals surface area contributed by atoms with E-state index in [0.717, 1.165) is 17.5 Å². The molecular formula is C21H20FN7O. The molecule has 8 nitrogen and oxygen atoms in total. The summed E-state index contributed by atoms with van der Waals surface area (Å²) in [6, 6.07) is 10.4. The van der Waals surface area contributed by atoms with Gasteiger partial charge in [0.1, 0.15) is 5.82 Å². The molecule has 0 saturated carbocycles. The van der Waals surface area contributed by atoms with E-state index in [-0.39, 0.29) is 5.91 Å². The van der Waals surface area contributed by atoms with Crippen molar-refractivity contribution in [2.75, 3.05) is 13.6 Å². The van der Waals surface area contributed by atoms with Crippen molar-refractivity contribution < 1.29 is 9.18 Å². The first kappa shape index (κ1) is 19.4. The van der Waals surface area contributed by atoms with Crippen molar-refractivity contribution in [1.82, 2.24) is 34.7 Å². The topological polar surface area (TPSA) is 81.7 Å². The molecule has 0 fully saturated rings. The molecule has 0 saturated heterocycles. The third-order valence-electron chi connectivity index (χ3n) is 4.66. The molecule has 3 aromatic heterocycles. The van der Waals surface area contributed by atoms with Gasteiger partial charge in [-0.25, -0.2) is 14.1 Å². The van der Waals surface area contributed by atoms with Gasteiger partial charge in [0, 0.05) is 26.2 Å². The Morgan fingerprint density at radius 1 is 1.13 bits per heavy atom. The van der Waals surface area contributed by atoms with E-state index in [9.17, 15) is 9.18 Å². The maximum atomic E-state index is 13.1. The maximum Gasteiger partial charge on any atom is 0.255 e. The standard InChI is InChI=1S/C21H20FN7O/c1-15-3-5-19(29-24-9-10-25-29)18(13-15)21(30)27(2)11-7-17-8-12-28(26-17)20-6-4-16(22)14-23-20/h3-6,8-10,12-14H,7,11H2,1-2H3. The SMILES string of the molecule is Cc1ccc(-n2nccn2)c(C(=O)N(C)CCc2ccn(-c3ccc(F)cn3)n2)c1. The zero-order chi connectivity index (χ0) is 21.1. The van der Waals surface area contributed by atoms with E-state index in [0.29, 0.717) is 30.0 Å². The fraction of sp³-hybridized carbons (Fsp3) is 0.190. The number of rotatable bonds is 6. The van der Waals surface area contributed by atoms with Crippen molar-refractivity contribution >= 4 is 5.91 Å². The second-order valence-electron chi connectivity index (χ2n) is 6.90. The van der Waals surface area contributed by atoms with Crippen molar-refractivity contribution in [1.29, 1.82) is 0 Å². The van der Waals surface area contributed by atoms with Gasteiger partial charge in [0.2, 0.25) is 0 Å². The maximum absolute atomic E-state index is 13.1. The molecule has 1 amide bonds. The van der Waals surface area contributed by atoms with Crippen molar-refractivity contribution in [3.8, 4) is 11.5 Å². The van der Waals surface area contributed by atoms with E-state index in [1.807, 2.05) is 31.2 Å². The van der Waals surface area contributed by atoms with Crippen LogP contribution in [0.3, 0.4) is 0 Å². The van der Waals surface area contributed by atoms with Gasteiger partial charge in [-0.3, -0.25) is 4.79 Å². The Balaban J connectivity index is 1.46. The van der Waals surface area contributed by atoms with Crippen LogP contribution in [0.1, 0.15) is 21.6 Å². The molecule has 0 unspecified atom stereocenters. The van der Waals surface area contributed by atoms with Gasteiger partial charge in [0.25, 0.3) is 5.91 Å². The smallest absolute Gasteiger partial charge is 0.255 e. The van der Waals surface area contributed by atoms with E-state index in [4.69, 9.17) is 0 Å². The summed E-state index contributed by atoms with van der Waals surface area (Å²) in [5, 5.41) is 12.7. The second-order valence-corrected chi connectivity index (χ2v) is 6.90. The molecule has 0 radical (unpaired) electrons. The molecule has 3 heterocycles. The van der Waals surface area contributed by atoms with Crippen LogP contribution in [-0.4, -0.2) is 54.2 Å². The zero-order valence-electron chi connectivity index (χ0n) is 16.6. The summed E-state index contributed by atoms with van der Waals surface area (Å²) in [7, 11) is 1.75. The highest BCUT2D eigenvalue weighted by atomic mass is 19.1. The number of amides is 1. The number of pyridine rings is 1. The average molecular weight is 405 g/mol. The highest BCUT2D eigenvalue weighted by Crippen LogP contribution is 2.17. The van der Waals surface area contributed by atoms with E-state index < -0.39 is 5.82 Å². The number of carbonyl (C=O) groups excluding carboxylic acids is 1. The molecule has 0 aliphatic carbocycles. The van der Waals surface area contributed by atoms with Gasteiger partial charge in [0.05, 0.1) is 35.5 Å². The monoisotopic (exact) mass is 405 g/mol. The summed E-state index contributed by atoms with van der Waals surface area (Å²) in [4.78, 5) is 20.2. The summed E-state index contributed by atoms with van der Waals surface area (Å²) in [6.07, 6.45) is 6.63. The van der Waals surface area contributed by atoms with Crippen LogP contribution in [0.15, 0.2) is 61.2 Å². The molecular weight excluding hydrogens is 385 g/mol. The van der Waals surface area contributed by atoms with Crippen LogP contribution >= 0.6 is 0 Å². The van der Waals surface area contributed by atoms with E-state index in [2.05, 4.69) is 20.3 Å². The largest absolute Gasteiger partial charge is 0.341 e. The number of halogens is 1.